The Kier molecular flexibility index (Phi) is 3.94. The third-order valence-corrected chi connectivity index (χ3v) is 4.64. The molecule has 0 saturated heterocycles. The number of nitrogens with one attached hydrogen (secondary N) is 1. The van der Waals surface area contributed by atoms with Crippen molar-refractivity contribution in [2.45, 2.75) is 6.54 Å². The highest BCUT2D eigenvalue weighted by atomic mass is 79.9. The van der Waals surface area contributed by atoms with Gasteiger partial charge >= 0.3 is 0 Å². The Bertz CT molecular complexity index is 813. The number of carbonyl (C=O) groups is 1. The first kappa shape index (κ1) is 14.1. The van der Waals surface area contributed by atoms with Crippen molar-refractivity contribution in [2.75, 3.05) is 5.32 Å². The van der Waals surface area contributed by atoms with Crippen LogP contribution in [0.4, 0.5) is 5.69 Å². The molecule has 3 rings (SSSR count). The molecule has 0 spiro atoms. The van der Waals surface area contributed by atoms with E-state index in [-0.39, 0.29) is 5.91 Å². The van der Waals surface area contributed by atoms with Gasteiger partial charge in [-0.2, -0.15) is 0 Å². The van der Waals surface area contributed by atoms with Crippen LogP contribution in [0, 0.1) is 0 Å². The summed E-state index contributed by atoms with van der Waals surface area (Å²) in [5.74, 6) is -0.381. The summed E-state index contributed by atoms with van der Waals surface area (Å²) in [6.45, 7) is 0.681. The number of hydrogen-bond donors (Lipinski definition) is 2. The molecule has 21 heavy (non-hydrogen) atoms. The lowest BCUT2D eigenvalue weighted by Gasteiger charge is -2.06. The number of amides is 1. The van der Waals surface area contributed by atoms with Crippen molar-refractivity contribution in [1.29, 1.82) is 0 Å². The predicted octanol–water partition coefficient (Wildman–Crippen LogP) is 4.37. The second-order valence-corrected chi connectivity index (χ2v) is 6.64. The lowest BCUT2D eigenvalue weighted by atomic mass is 10.1. The summed E-state index contributed by atoms with van der Waals surface area (Å²) in [4.78, 5) is 12.2. The molecular weight excluding hydrogens is 348 g/mol. The van der Waals surface area contributed by atoms with E-state index in [1.807, 2.05) is 12.1 Å². The van der Waals surface area contributed by atoms with Gasteiger partial charge in [0, 0.05) is 27.0 Å². The minimum absolute atomic E-state index is 0.381. The fraction of sp³-hybridized carbons (Fsp3) is 0.0625. The normalized spacial score (nSPS) is 10.7. The van der Waals surface area contributed by atoms with Crippen molar-refractivity contribution in [2.24, 2.45) is 5.73 Å². The van der Waals surface area contributed by atoms with Gasteiger partial charge in [0.25, 0.3) is 0 Å². The second-order valence-electron chi connectivity index (χ2n) is 4.73. The van der Waals surface area contributed by atoms with Crippen LogP contribution >= 0.6 is 27.3 Å². The van der Waals surface area contributed by atoms with Gasteiger partial charge in [0.15, 0.2) is 0 Å². The van der Waals surface area contributed by atoms with Gasteiger partial charge in [-0.15, -0.1) is 11.3 Å². The van der Waals surface area contributed by atoms with Crippen molar-refractivity contribution in [3.05, 3.63) is 62.8 Å². The fourth-order valence-electron chi connectivity index (χ4n) is 2.12. The zero-order valence-electron chi connectivity index (χ0n) is 11.1. The minimum atomic E-state index is -0.381. The Morgan fingerprint density at radius 3 is 2.67 bits per heavy atom. The van der Waals surface area contributed by atoms with E-state index >= 15 is 0 Å². The van der Waals surface area contributed by atoms with Crippen LogP contribution in [0.1, 0.15) is 15.2 Å². The van der Waals surface area contributed by atoms with Crippen molar-refractivity contribution in [3.63, 3.8) is 0 Å². The quantitative estimate of drug-likeness (QED) is 0.725. The number of halogens is 1. The third-order valence-electron chi connectivity index (χ3n) is 3.21. The predicted molar refractivity (Wildman–Crippen MR) is 91.8 cm³/mol. The Morgan fingerprint density at radius 1 is 1.14 bits per heavy atom. The van der Waals surface area contributed by atoms with Crippen molar-refractivity contribution in [3.8, 4) is 0 Å². The van der Waals surface area contributed by atoms with E-state index in [9.17, 15) is 4.79 Å². The van der Waals surface area contributed by atoms with Gasteiger partial charge in [0.2, 0.25) is 5.91 Å². The summed E-state index contributed by atoms with van der Waals surface area (Å²) in [6, 6.07) is 14.3. The number of thiophene rings is 1. The van der Waals surface area contributed by atoms with E-state index in [2.05, 4.69) is 51.6 Å². The zero-order chi connectivity index (χ0) is 14.8. The number of benzene rings is 2. The molecule has 0 aliphatic rings. The second kappa shape index (κ2) is 5.87. The van der Waals surface area contributed by atoms with Crippen molar-refractivity contribution >= 4 is 49.6 Å². The topological polar surface area (TPSA) is 55.1 Å². The summed E-state index contributed by atoms with van der Waals surface area (Å²) < 4.78 is 1.08. The van der Waals surface area contributed by atoms with E-state index < -0.39 is 0 Å². The molecule has 1 heterocycles. The number of fused-ring (bicyclic) bond motifs is 1. The molecule has 0 saturated carbocycles. The van der Waals surface area contributed by atoms with Crippen LogP contribution in [0.3, 0.4) is 0 Å². The van der Waals surface area contributed by atoms with Crippen molar-refractivity contribution < 1.29 is 4.79 Å². The molecule has 0 aliphatic carbocycles. The SMILES string of the molecule is NC(=O)c1csc(CNc2ccc3cc(Br)ccc3c2)c1. The molecule has 1 aromatic heterocycles. The molecular formula is C16H13BrN2OS. The summed E-state index contributed by atoms with van der Waals surface area (Å²) in [5.41, 5.74) is 6.88. The number of carbonyl (C=O) groups excluding carboxylic acids is 1. The van der Waals surface area contributed by atoms with E-state index in [4.69, 9.17) is 5.73 Å². The highest BCUT2D eigenvalue weighted by Gasteiger charge is 2.04. The average Bonchev–Trinajstić information content (AvgIpc) is 2.94. The Morgan fingerprint density at radius 2 is 1.90 bits per heavy atom. The number of rotatable bonds is 4. The highest BCUT2D eigenvalue weighted by molar-refractivity contribution is 9.10. The zero-order valence-corrected chi connectivity index (χ0v) is 13.5. The summed E-state index contributed by atoms with van der Waals surface area (Å²) >= 11 is 5.01. The first-order valence-electron chi connectivity index (χ1n) is 6.42. The minimum Gasteiger partial charge on any atom is -0.380 e. The van der Waals surface area contributed by atoms with Crippen LogP contribution in [0.25, 0.3) is 10.8 Å². The van der Waals surface area contributed by atoms with E-state index in [0.29, 0.717) is 12.1 Å². The molecule has 0 bridgehead atoms. The first-order chi connectivity index (χ1) is 10.1. The van der Waals surface area contributed by atoms with Crippen molar-refractivity contribution in [1.82, 2.24) is 0 Å². The fourth-order valence-corrected chi connectivity index (χ4v) is 3.31. The molecule has 0 fully saturated rings. The summed E-state index contributed by atoms with van der Waals surface area (Å²) in [5, 5.41) is 7.54. The molecule has 5 heteroatoms. The van der Waals surface area contributed by atoms with Gasteiger partial charge in [0.1, 0.15) is 0 Å². The Hall–Kier alpha value is -1.85. The first-order valence-corrected chi connectivity index (χ1v) is 8.09. The molecule has 3 aromatic rings. The molecule has 0 unspecified atom stereocenters. The monoisotopic (exact) mass is 360 g/mol. The van der Waals surface area contributed by atoms with Gasteiger partial charge in [-0.25, -0.2) is 0 Å². The van der Waals surface area contributed by atoms with Crippen LogP contribution in [-0.4, -0.2) is 5.91 Å². The Balaban J connectivity index is 1.75. The van der Waals surface area contributed by atoms with Crippen LogP contribution in [0.5, 0.6) is 0 Å². The van der Waals surface area contributed by atoms with E-state index in [1.54, 1.807) is 5.38 Å². The molecule has 0 radical (unpaired) electrons. The lowest BCUT2D eigenvalue weighted by molar-refractivity contribution is 0.100. The smallest absolute Gasteiger partial charge is 0.249 e. The number of hydrogen-bond acceptors (Lipinski definition) is 3. The molecule has 0 aliphatic heterocycles. The van der Waals surface area contributed by atoms with Gasteiger partial charge < -0.3 is 11.1 Å². The third kappa shape index (κ3) is 3.25. The van der Waals surface area contributed by atoms with E-state index in [0.717, 1.165) is 15.0 Å². The number of anilines is 1. The van der Waals surface area contributed by atoms with Crippen LogP contribution in [0.2, 0.25) is 0 Å². The standard InChI is InChI=1S/C16H13BrN2OS/c17-13-3-1-11-6-14(4-2-10(11)5-13)19-8-15-7-12(9-21-15)16(18)20/h1-7,9,19H,8H2,(H2,18,20). The maximum atomic E-state index is 11.1. The molecule has 0 atom stereocenters. The number of nitrogens with two attached hydrogens (primary N) is 1. The van der Waals surface area contributed by atoms with Crippen LogP contribution < -0.4 is 11.1 Å². The van der Waals surface area contributed by atoms with Crippen LogP contribution in [-0.2, 0) is 6.54 Å². The number of primary amides is 1. The molecule has 3 nitrogen and oxygen atoms in total. The molecule has 1 amide bonds. The van der Waals surface area contributed by atoms with Crippen LogP contribution in [0.15, 0.2) is 52.3 Å². The molecule has 3 N–H and O–H groups in total. The maximum Gasteiger partial charge on any atom is 0.249 e. The highest BCUT2D eigenvalue weighted by Crippen LogP contribution is 2.24. The summed E-state index contributed by atoms with van der Waals surface area (Å²) in [7, 11) is 0. The van der Waals surface area contributed by atoms with Gasteiger partial charge in [0.05, 0.1) is 5.56 Å². The largest absolute Gasteiger partial charge is 0.380 e. The molecule has 2 aromatic carbocycles. The van der Waals surface area contributed by atoms with Gasteiger partial charge in [-0.05, 0) is 41.1 Å². The van der Waals surface area contributed by atoms with Gasteiger partial charge in [-0.1, -0.05) is 28.1 Å². The average molecular weight is 361 g/mol. The molecule has 106 valence electrons. The lowest BCUT2D eigenvalue weighted by Crippen LogP contribution is -2.09. The maximum absolute atomic E-state index is 11.1. The summed E-state index contributed by atoms with van der Waals surface area (Å²) in [6.07, 6.45) is 0. The Labute approximate surface area is 134 Å². The van der Waals surface area contributed by atoms with E-state index in [1.165, 1.54) is 22.1 Å². The van der Waals surface area contributed by atoms with Gasteiger partial charge in [-0.3, -0.25) is 4.79 Å².